The van der Waals surface area contributed by atoms with Crippen molar-refractivity contribution in [1.29, 1.82) is 0 Å². The highest BCUT2D eigenvalue weighted by Gasteiger charge is 2.23. The van der Waals surface area contributed by atoms with Gasteiger partial charge in [-0.15, -0.1) is 0 Å². The number of carbonyl (C=O) groups is 1. The van der Waals surface area contributed by atoms with Crippen molar-refractivity contribution in [2.75, 3.05) is 25.4 Å². The Labute approximate surface area is 151 Å². The molecule has 0 aliphatic carbocycles. The van der Waals surface area contributed by atoms with Gasteiger partial charge >= 0.3 is 0 Å². The molecule has 1 saturated heterocycles. The number of halogens is 1. The van der Waals surface area contributed by atoms with Crippen molar-refractivity contribution < 1.29 is 9.53 Å². The second kappa shape index (κ2) is 8.40. The van der Waals surface area contributed by atoms with Gasteiger partial charge in [0.1, 0.15) is 5.75 Å². The Hall–Kier alpha value is -1.72. The van der Waals surface area contributed by atoms with Gasteiger partial charge in [-0.3, -0.25) is 9.78 Å². The lowest BCUT2D eigenvalue weighted by atomic mass is 10.1. The van der Waals surface area contributed by atoms with Crippen molar-refractivity contribution in [3.8, 4) is 5.75 Å². The predicted molar refractivity (Wildman–Crippen MR) is 97.6 cm³/mol. The Balaban J connectivity index is 1.55. The van der Waals surface area contributed by atoms with Crippen LogP contribution in [0.4, 0.5) is 0 Å². The van der Waals surface area contributed by atoms with E-state index in [0.717, 1.165) is 35.8 Å². The molecule has 0 spiro atoms. The van der Waals surface area contributed by atoms with Crippen molar-refractivity contribution in [2.24, 2.45) is 0 Å². The highest BCUT2D eigenvalue weighted by molar-refractivity contribution is 7.99. The molecule has 1 fully saturated rings. The van der Waals surface area contributed by atoms with Gasteiger partial charge in [0.15, 0.2) is 6.61 Å². The summed E-state index contributed by atoms with van der Waals surface area (Å²) in [6.45, 7) is 1.51. The molecule has 3 rings (SSSR count). The fourth-order valence-electron chi connectivity index (χ4n) is 2.67. The summed E-state index contributed by atoms with van der Waals surface area (Å²) in [5.74, 6) is 1.53. The zero-order valence-corrected chi connectivity index (χ0v) is 14.8. The quantitative estimate of drug-likeness (QED) is 0.829. The van der Waals surface area contributed by atoms with E-state index >= 15 is 0 Å². The predicted octanol–water partition coefficient (Wildman–Crippen LogP) is 3.82. The number of hydrogen-bond donors (Lipinski definition) is 0. The first-order chi connectivity index (χ1) is 11.7. The van der Waals surface area contributed by atoms with Crippen LogP contribution in [-0.2, 0) is 4.79 Å². The van der Waals surface area contributed by atoms with Gasteiger partial charge in [0.05, 0.1) is 6.20 Å². The van der Waals surface area contributed by atoms with E-state index in [9.17, 15) is 4.79 Å². The Bertz CT molecular complexity index is 684. The molecule has 0 saturated carbocycles. The Morgan fingerprint density at radius 2 is 2.17 bits per heavy atom. The van der Waals surface area contributed by atoms with Crippen LogP contribution in [0.5, 0.6) is 5.75 Å². The maximum absolute atomic E-state index is 12.4. The first-order valence-electron chi connectivity index (χ1n) is 7.90. The molecule has 2 heterocycles. The first-order valence-corrected chi connectivity index (χ1v) is 9.33. The average molecular weight is 363 g/mol. The van der Waals surface area contributed by atoms with E-state index in [4.69, 9.17) is 16.3 Å². The lowest BCUT2D eigenvalue weighted by Gasteiger charge is -2.20. The minimum atomic E-state index is 0.0132. The molecule has 1 aliphatic rings. The monoisotopic (exact) mass is 362 g/mol. The summed E-state index contributed by atoms with van der Waals surface area (Å²) in [7, 11) is 0. The van der Waals surface area contributed by atoms with Gasteiger partial charge in [-0.25, -0.2) is 0 Å². The number of amides is 1. The molecular formula is C18H19ClN2O2S. The summed E-state index contributed by atoms with van der Waals surface area (Å²) < 4.78 is 5.51. The minimum absolute atomic E-state index is 0.0132. The largest absolute Gasteiger partial charge is 0.482 e. The van der Waals surface area contributed by atoms with E-state index in [-0.39, 0.29) is 12.5 Å². The third-order valence-corrected chi connectivity index (χ3v) is 5.60. The third kappa shape index (κ3) is 4.42. The maximum Gasteiger partial charge on any atom is 0.260 e. The lowest BCUT2D eigenvalue weighted by molar-refractivity contribution is -0.133. The molecule has 126 valence electrons. The van der Waals surface area contributed by atoms with Crippen molar-refractivity contribution in [1.82, 2.24) is 9.88 Å². The molecule has 1 amide bonds. The number of carbonyl (C=O) groups excluding carboxylic acids is 1. The number of hydrogen-bond acceptors (Lipinski definition) is 4. The Morgan fingerprint density at radius 3 is 2.96 bits per heavy atom. The second-order valence-electron chi connectivity index (χ2n) is 5.53. The number of nitrogens with zero attached hydrogens (tertiary/aromatic N) is 2. The summed E-state index contributed by atoms with van der Waals surface area (Å²) in [5, 5.41) is 1.13. The number of aromatic nitrogens is 1. The first kappa shape index (κ1) is 17.1. The van der Waals surface area contributed by atoms with Gasteiger partial charge < -0.3 is 9.64 Å². The topological polar surface area (TPSA) is 42.4 Å². The van der Waals surface area contributed by atoms with Crippen LogP contribution in [0.1, 0.15) is 17.2 Å². The fraction of sp³-hybridized carbons (Fsp3) is 0.333. The fourth-order valence-corrected chi connectivity index (χ4v) is 4.27. The van der Waals surface area contributed by atoms with Crippen LogP contribution >= 0.6 is 23.4 Å². The molecule has 0 N–H and O–H groups in total. The number of thioether (sulfide) groups is 1. The van der Waals surface area contributed by atoms with Crippen molar-refractivity contribution in [2.45, 2.75) is 11.7 Å². The van der Waals surface area contributed by atoms with Crippen LogP contribution in [-0.4, -0.2) is 41.2 Å². The smallest absolute Gasteiger partial charge is 0.260 e. The number of benzene rings is 1. The third-order valence-electron chi connectivity index (χ3n) is 3.94. The van der Waals surface area contributed by atoms with E-state index < -0.39 is 0 Å². The maximum atomic E-state index is 12.4. The summed E-state index contributed by atoms with van der Waals surface area (Å²) in [6, 6.07) is 11.5. The number of rotatable bonds is 4. The van der Waals surface area contributed by atoms with E-state index in [1.54, 1.807) is 24.5 Å². The van der Waals surface area contributed by atoms with Gasteiger partial charge in [-0.1, -0.05) is 29.8 Å². The number of pyridine rings is 1. The van der Waals surface area contributed by atoms with E-state index in [1.165, 1.54) is 0 Å². The Kier molecular flexibility index (Phi) is 5.99. The number of ether oxygens (including phenoxy) is 1. The van der Waals surface area contributed by atoms with Crippen LogP contribution in [0.3, 0.4) is 0 Å². The molecule has 1 aromatic carbocycles. The zero-order chi connectivity index (χ0) is 16.8. The molecular weight excluding hydrogens is 344 g/mol. The standard InChI is InChI=1S/C18H19ClN2O2S/c19-16-6-2-1-5-15(16)17-7-9-21(10-11-24-17)18(22)13-23-14-4-3-8-20-12-14/h1-6,8,12,17H,7,9-11,13H2. The van der Waals surface area contributed by atoms with E-state index in [0.29, 0.717) is 11.0 Å². The second-order valence-corrected chi connectivity index (χ2v) is 7.25. The highest BCUT2D eigenvalue weighted by atomic mass is 35.5. The van der Waals surface area contributed by atoms with Crippen LogP contribution in [0.15, 0.2) is 48.8 Å². The normalized spacial score (nSPS) is 18.0. The molecule has 24 heavy (non-hydrogen) atoms. The highest BCUT2D eigenvalue weighted by Crippen LogP contribution is 2.37. The molecule has 6 heteroatoms. The molecule has 4 nitrogen and oxygen atoms in total. The lowest BCUT2D eigenvalue weighted by Crippen LogP contribution is -2.36. The molecule has 1 aliphatic heterocycles. The van der Waals surface area contributed by atoms with Gasteiger partial charge in [0, 0.05) is 35.3 Å². The minimum Gasteiger partial charge on any atom is -0.482 e. The zero-order valence-electron chi connectivity index (χ0n) is 13.2. The van der Waals surface area contributed by atoms with Crippen LogP contribution < -0.4 is 4.74 Å². The van der Waals surface area contributed by atoms with E-state index in [2.05, 4.69) is 11.1 Å². The summed E-state index contributed by atoms with van der Waals surface area (Å²) >= 11 is 8.17. The van der Waals surface area contributed by atoms with Crippen LogP contribution in [0, 0.1) is 0 Å². The molecule has 2 aromatic rings. The van der Waals surface area contributed by atoms with Gasteiger partial charge in [-0.2, -0.15) is 11.8 Å². The van der Waals surface area contributed by atoms with Gasteiger partial charge in [0.25, 0.3) is 5.91 Å². The van der Waals surface area contributed by atoms with Gasteiger partial charge in [-0.05, 0) is 30.2 Å². The van der Waals surface area contributed by atoms with Crippen molar-refractivity contribution >= 4 is 29.3 Å². The molecule has 1 aromatic heterocycles. The van der Waals surface area contributed by atoms with Gasteiger partial charge in [0.2, 0.25) is 0 Å². The SMILES string of the molecule is O=C(COc1cccnc1)N1CCSC(c2ccccc2Cl)CC1. The van der Waals surface area contributed by atoms with Crippen molar-refractivity contribution in [3.05, 3.63) is 59.4 Å². The molecule has 0 bridgehead atoms. The summed E-state index contributed by atoms with van der Waals surface area (Å²) in [5.41, 5.74) is 1.16. The summed E-state index contributed by atoms with van der Waals surface area (Å²) in [6.07, 6.45) is 4.18. The Morgan fingerprint density at radius 1 is 1.29 bits per heavy atom. The van der Waals surface area contributed by atoms with Crippen molar-refractivity contribution in [3.63, 3.8) is 0 Å². The van der Waals surface area contributed by atoms with E-state index in [1.807, 2.05) is 34.9 Å². The summed E-state index contributed by atoms with van der Waals surface area (Å²) in [4.78, 5) is 18.2. The molecule has 1 atom stereocenters. The average Bonchev–Trinajstić information content (AvgIpc) is 2.87. The van der Waals surface area contributed by atoms with Crippen LogP contribution in [0.25, 0.3) is 0 Å². The molecule has 1 unspecified atom stereocenters. The van der Waals surface area contributed by atoms with Crippen LogP contribution in [0.2, 0.25) is 5.02 Å². The molecule has 0 radical (unpaired) electrons.